The Labute approximate surface area is 176 Å². The quantitative estimate of drug-likeness (QED) is 0.504. The SMILES string of the molecule is C.C.C.C.CCC(C)(C)C(=O)OCC(C)O.CCC(C)(C)c1ccc(O)cc1. The van der Waals surface area contributed by atoms with E-state index in [1.807, 2.05) is 32.9 Å². The van der Waals surface area contributed by atoms with Gasteiger partial charge in [0, 0.05) is 0 Å². The molecule has 0 radical (unpaired) electrons. The number of aliphatic hydroxyl groups is 1. The normalized spacial score (nSPS) is 11.0. The van der Waals surface area contributed by atoms with E-state index >= 15 is 0 Å². The number of hydrogen-bond acceptors (Lipinski definition) is 4. The second-order valence-corrected chi connectivity index (χ2v) is 7.47. The molecule has 0 amide bonds. The molecule has 1 rings (SSSR count). The van der Waals surface area contributed by atoms with E-state index in [0.29, 0.717) is 5.75 Å². The first kappa shape index (κ1) is 37.2. The molecule has 0 spiro atoms. The molecule has 1 unspecified atom stereocenters. The van der Waals surface area contributed by atoms with Gasteiger partial charge in [-0.25, -0.2) is 0 Å². The first-order valence-electron chi connectivity index (χ1n) is 8.61. The lowest BCUT2D eigenvalue weighted by atomic mass is 9.82. The van der Waals surface area contributed by atoms with Crippen LogP contribution in [-0.2, 0) is 14.9 Å². The highest BCUT2D eigenvalue weighted by molar-refractivity contribution is 5.75. The maximum atomic E-state index is 11.3. The summed E-state index contributed by atoms with van der Waals surface area (Å²) < 4.78 is 4.87. The summed E-state index contributed by atoms with van der Waals surface area (Å²) in [4.78, 5) is 11.3. The van der Waals surface area contributed by atoms with Gasteiger partial charge in [-0.1, -0.05) is 69.5 Å². The summed E-state index contributed by atoms with van der Waals surface area (Å²) in [6.07, 6.45) is 1.27. The van der Waals surface area contributed by atoms with Crippen molar-refractivity contribution in [3.05, 3.63) is 29.8 Å². The lowest BCUT2D eigenvalue weighted by molar-refractivity contribution is -0.156. The highest BCUT2D eigenvalue weighted by Crippen LogP contribution is 2.27. The molecule has 4 heteroatoms. The van der Waals surface area contributed by atoms with Crippen molar-refractivity contribution >= 4 is 5.97 Å². The number of carbonyl (C=O) groups is 1. The standard InChI is InChI=1S/C11H16O.C9H18O3.4CH4/c1-4-11(2,3)9-5-7-10(12)8-6-9;1-5-9(3,4)8(11)12-6-7(2)10;;;;/h5-8,12H,4H2,1-3H3;7,10H,5-6H2,1-4H3;4*1H4. The van der Waals surface area contributed by atoms with Crippen molar-refractivity contribution in [1.82, 2.24) is 0 Å². The van der Waals surface area contributed by atoms with Crippen LogP contribution in [0.3, 0.4) is 0 Å². The van der Waals surface area contributed by atoms with Gasteiger partial charge in [0.15, 0.2) is 0 Å². The summed E-state index contributed by atoms with van der Waals surface area (Å²) in [5.41, 5.74) is 1.06. The average molecular weight is 403 g/mol. The molecular weight excluding hydrogens is 352 g/mol. The molecule has 28 heavy (non-hydrogen) atoms. The Bertz CT molecular complexity index is 488. The summed E-state index contributed by atoms with van der Waals surface area (Å²) in [5.74, 6) is 0.0940. The van der Waals surface area contributed by atoms with Gasteiger partial charge in [-0.2, -0.15) is 0 Å². The van der Waals surface area contributed by atoms with Crippen LogP contribution in [-0.4, -0.2) is 28.9 Å². The van der Waals surface area contributed by atoms with Gasteiger partial charge < -0.3 is 14.9 Å². The fourth-order valence-corrected chi connectivity index (χ4v) is 1.65. The van der Waals surface area contributed by atoms with Crippen LogP contribution in [0, 0.1) is 5.41 Å². The molecule has 0 aliphatic heterocycles. The third kappa shape index (κ3) is 13.6. The van der Waals surface area contributed by atoms with Crippen molar-refractivity contribution in [1.29, 1.82) is 0 Å². The molecule has 170 valence electrons. The van der Waals surface area contributed by atoms with E-state index in [4.69, 9.17) is 14.9 Å². The smallest absolute Gasteiger partial charge is 0.311 e. The maximum Gasteiger partial charge on any atom is 0.311 e. The third-order valence-electron chi connectivity index (χ3n) is 4.42. The number of phenols is 1. The molecule has 1 aromatic rings. The molecule has 1 atom stereocenters. The number of esters is 1. The van der Waals surface area contributed by atoms with E-state index in [1.54, 1.807) is 19.1 Å². The largest absolute Gasteiger partial charge is 0.508 e. The maximum absolute atomic E-state index is 11.3. The highest BCUT2D eigenvalue weighted by atomic mass is 16.5. The van der Waals surface area contributed by atoms with Gasteiger partial charge in [0.25, 0.3) is 0 Å². The van der Waals surface area contributed by atoms with Crippen molar-refractivity contribution < 1.29 is 19.7 Å². The lowest BCUT2D eigenvalue weighted by Gasteiger charge is -2.22. The monoisotopic (exact) mass is 402 g/mol. The molecule has 4 nitrogen and oxygen atoms in total. The van der Waals surface area contributed by atoms with Gasteiger partial charge in [0.05, 0.1) is 11.5 Å². The molecule has 1 aromatic carbocycles. The van der Waals surface area contributed by atoms with E-state index in [0.717, 1.165) is 12.8 Å². The van der Waals surface area contributed by atoms with E-state index < -0.39 is 11.5 Å². The first-order chi connectivity index (χ1) is 11.0. The molecule has 0 bridgehead atoms. The Balaban J connectivity index is -0.000000110. The molecular formula is C24H50O4. The minimum atomic E-state index is -0.582. The van der Waals surface area contributed by atoms with Gasteiger partial charge in [-0.3, -0.25) is 4.79 Å². The summed E-state index contributed by atoms with van der Waals surface area (Å²) in [6, 6.07) is 7.46. The Kier molecular flexibility index (Phi) is 21.8. The topological polar surface area (TPSA) is 66.8 Å². The van der Waals surface area contributed by atoms with Crippen molar-refractivity contribution in [3.63, 3.8) is 0 Å². The first-order valence-corrected chi connectivity index (χ1v) is 8.61. The number of phenolic OH excluding ortho intramolecular Hbond substituents is 1. The van der Waals surface area contributed by atoms with E-state index in [-0.39, 0.29) is 47.7 Å². The van der Waals surface area contributed by atoms with E-state index in [2.05, 4.69) is 20.8 Å². The number of aromatic hydroxyl groups is 1. The van der Waals surface area contributed by atoms with Gasteiger partial charge in [-0.05, 0) is 56.7 Å². The Morgan fingerprint density at radius 1 is 0.964 bits per heavy atom. The zero-order valence-corrected chi connectivity index (χ0v) is 16.2. The predicted octanol–water partition coefficient (Wildman–Crippen LogP) is 6.97. The van der Waals surface area contributed by atoms with Gasteiger partial charge in [0.1, 0.15) is 12.4 Å². The number of carbonyl (C=O) groups excluding carboxylic acids is 1. The van der Waals surface area contributed by atoms with Crippen molar-refractivity contribution in [2.75, 3.05) is 6.61 Å². The fraction of sp³-hybridized carbons (Fsp3) is 0.708. The van der Waals surface area contributed by atoms with Gasteiger partial charge >= 0.3 is 5.97 Å². The van der Waals surface area contributed by atoms with Crippen molar-refractivity contribution in [2.45, 2.75) is 103 Å². The molecule has 0 aromatic heterocycles. The Morgan fingerprint density at radius 2 is 1.39 bits per heavy atom. The lowest BCUT2D eigenvalue weighted by Crippen LogP contribution is -2.28. The summed E-state index contributed by atoms with van der Waals surface area (Å²) in [5, 5.41) is 18.0. The molecule has 0 heterocycles. The van der Waals surface area contributed by atoms with Gasteiger partial charge in [0.2, 0.25) is 0 Å². The number of hydrogen-bond donors (Lipinski definition) is 2. The summed E-state index contributed by atoms with van der Waals surface area (Å²) in [6.45, 7) is 13.9. The third-order valence-corrected chi connectivity index (χ3v) is 4.42. The van der Waals surface area contributed by atoms with Crippen LogP contribution in [0.5, 0.6) is 5.75 Å². The minimum absolute atomic E-state index is 0. The molecule has 0 saturated carbocycles. The number of benzene rings is 1. The Morgan fingerprint density at radius 3 is 1.71 bits per heavy atom. The number of ether oxygens (including phenoxy) is 1. The summed E-state index contributed by atoms with van der Waals surface area (Å²) >= 11 is 0. The van der Waals surface area contributed by atoms with E-state index in [1.165, 1.54) is 5.56 Å². The van der Waals surface area contributed by atoms with Crippen LogP contribution in [0.1, 0.15) is 96.6 Å². The Hall–Kier alpha value is -1.55. The fourth-order valence-electron chi connectivity index (χ4n) is 1.65. The minimum Gasteiger partial charge on any atom is -0.508 e. The number of rotatable bonds is 6. The van der Waals surface area contributed by atoms with Crippen molar-refractivity contribution in [2.24, 2.45) is 5.41 Å². The molecule has 0 saturated heterocycles. The zero-order chi connectivity index (χ0) is 19.0. The van der Waals surface area contributed by atoms with Crippen LogP contribution >= 0.6 is 0 Å². The van der Waals surface area contributed by atoms with Crippen LogP contribution in [0.4, 0.5) is 0 Å². The van der Waals surface area contributed by atoms with Crippen LogP contribution < -0.4 is 0 Å². The molecule has 2 N–H and O–H groups in total. The van der Waals surface area contributed by atoms with E-state index in [9.17, 15) is 4.79 Å². The molecule has 0 aliphatic carbocycles. The molecule has 0 aliphatic rings. The average Bonchev–Trinajstić information content (AvgIpc) is 2.53. The number of aliphatic hydroxyl groups excluding tert-OH is 1. The zero-order valence-electron chi connectivity index (χ0n) is 16.2. The van der Waals surface area contributed by atoms with Crippen LogP contribution in [0.25, 0.3) is 0 Å². The molecule has 0 fully saturated rings. The van der Waals surface area contributed by atoms with Crippen LogP contribution in [0.15, 0.2) is 24.3 Å². The second kappa shape index (κ2) is 16.4. The summed E-state index contributed by atoms with van der Waals surface area (Å²) in [7, 11) is 0. The van der Waals surface area contributed by atoms with Crippen LogP contribution in [0.2, 0.25) is 0 Å². The van der Waals surface area contributed by atoms with Crippen molar-refractivity contribution in [3.8, 4) is 5.75 Å². The van der Waals surface area contributed by atoms with Gasteiger partial charge in [-0.15, -0.1) is 0 Å². The highest BCUT2D eigenvalue weighted by Gasteiger charge is 2.27. The predicted molar refractivity (Wildman–Crippen MR) is 125 cm³/mol. The second-order valence-electron chi connectivity index (χ2n) is 7.47.